The van der Waals surface area contributed by atoms with E-state index in [0.29, 0.717) is 40.6 Å². The summed E-state index contributed by atoms with van der Waals surface area (Å²) in [5, 5.41) is 14.6. The molecule has 0 radical (unpaired) electrons. The average Bonchev–Trinajstić information content (AvgIpc) is 3.03. The molecule has 6 nitrogen and oxygen atoms in total. The molecule has 0 saturated carbocycles. The first-order chi connectivity index (χ1) is 12.4. The molecule has 1 aliphatic heterocycles. The lowest BCUT2D eigenvalue weighted by Crippen LogP contribution is -2.23. The standard InChI is InChI=1S/C18H20FN5OS/c1-12-9-22-24(11-12)18-17(26(20)25)8-15(10-21-18)23-13(2)7-14-5-3-4-6-16(14)19/h3-6,8-10,12,23H,2,7,11,20H2,1H3. The van der Waals surface area contributed by atoms with Crippen molar-refractivity contribution < 1.29 is 8.94 Å². The zero-order chi connectivity index (χ0) is 18.7. The Hall–Kier alpha value is -2.42. The largest absolute Gasteiger partial charge is 0.593 e. The van der Waals surface area contributed by atoms with Crippen LogP contribution >= 0.6 is 0 Å². The fourth-order valence-corrected chi connectivity index (χ4v) is 3.25. The van der Waals surface area contributed by atoms with Gasteiger partial charge in [-0.05, 0) is 11.6 Å². The first-order valence-corrected chi connectivity index (χ1v) is 9.31. The summed E-state index contributed by atoms with van der Waals surface area (Å²) in [6.07, 6.45) is 3.73. The normalized spacial score (nSPS) is 17.4. The smallest absolute Gasteiger partial charge is 0.219 e. The number of anilines is 2. The first kappa shape index (κ1) is 18.4. The molecule has 3 rings (SSSR count). The molecule has 0 saturated heterocycles. The van der Waals surface area contributed by atoms with Crippen molar-refractivity contribution in [3.63, 3.8) is 0 Å². The van der Waals surface area contributed by atoms with Gasteiger partial charge in [0.15, 0.2) is 0 Å². The molecule has 1 aromatic carbocycles. The van der Waals surface area contributed by atoms with E-state index in [-0.39, 0.29) is 11.7 Å². The Morgan fingerprint density at radius 3 is 2.92 bits per heavy atom. The van der Waals surface area contributed by atoms with Gasteiger partial charge in [0.25, 0.3) is 0 Å². The molecule has 3 N–H and O–H groups in total. The highest BCUT2D eigenvalue weighted by atomic mass is 32.2. The number of hydrogen-bond acceptors (Lipinski definition) is 6. The summed E-state index contributed by atoms with van der Waals surface area (Å²) >= 11 is -1.72. The van der Waals surface area contributed by atoms with Crippen molar-refractivity contribution in [3.05, 3.63) is 60.2 Å². The summed E-state index contributed by atoms with van der Waals surface area (Å²) in [5.74, 6) is 0.472. The summed E-state index contributed by atoms with van der Waals surface area (Å²) in [6.45, 7) is 6.61. The second-order valence-corrected chi connectivity index (χ2v) is 7.20. The molecule has 2 atom stereocenters. The average molecular weight is 373 g/mol. The highest BCUT2D eigenvalue weighted by molar-refractivity contribution is 7.89. The molecule has 26 heavy (non-hydrogen) atoms. The number of nitrogens with one attached hydrogen (secondary N) is 1. The van der Waals surface area contributed by atoms with E-state index >= 15 is 0 Å². The van der Waals surface area contributed by atoms with Crippen LogP contribution in [0.1, 0.15) is 12.5 Å². The second-order valence-electron chi connectivity index (χ2n) is 6.16. The summed E-state index contributed by atoms with van der Waals surface area (Å²) in [5.41, 5.74) is 1.71. The molecule has 0 amide bonds. The highest BCUT2D eigenvalue weighted by Crippen LogP contribution is 2.28. The fourth-order valence-electron chi connectivity index (χ4n) is 2.67. The second kappa shape index (κ2) is 7.86. The van der Waals surface area contributed by atoms with E-state index < -0.39 is 11.4 Å². The van der Waals surface area contributed by atoms with Crippen LogP contribution in [0.4, 0.5) is 15.9 Å². The minimum absolute atomic E-state index is 0.284. The van der Waals surface area contributed by atoms with Crippen LogP contribution in [0.25, 0.3) is 0 Å². The number of halogens is 1. The van der Waals surface area contributed by atoms with Crippen molar-refractivity contribution in [2.75, 3.05) is 16.9 Å². The molecule has 0 spiro atoms. The van der Waals surface area contributed by atoms with Crippen LogP contribution in [0.2, 0.25) is 0 Å². The maximum absolute atomic E-state index is 13.8. The third-order valence-electron chi connectivity index (χ3n) is 3.90. The Kier molecular flexibility index (Phi) is 5.55. The third kappa shape index (κ3) is 4.21. The van der Waals surface area contributed by atoms with Crippen LogP contribution < -0.4 is 15.5 Å². The van der Waals surface area contributed by atoms with E-state index in [9.17, 15) is 8.94 Å². The summed E-state index contributed by atoms with van der Waals surface area (Å²) < 4.78 is 25.7. The van der Waals surface area contributed by atoms with Gasteiger partial charge in [0.2, 0.25) is 10.7 Å². The van der Waals surface area contributed by atoms with Crippen molar-refractivity contribution in [2.45, 2.75) is 18.2 Å². The number of pyridine rings is 1. The van der Waals surface area contributed by atoms with Gasteiger partial charge < -0.3 is 9.87 Å². The number of hydrogen-bond donors (Lipinski definition) is 2. The van der Waals surface area contributed by atoms with Crippen LogP contribution in [0, 0.1) is 11.7 Å². The minimum Gasteiger partial charge on any atom is -0.593 e. The van der Waals surface area contributed by atoms with E-state index in [2.05, 4.69) is 22.0 Å². The molecule has 2 heterocycles. The van der Waals surface area contributed by atoms with Crippen LogP contribution in [-0.4, -0.2) is 22.3 Å². The first-order valence-electron chi connectivity index (χ1n) is 8.10. The van der Waals surface area contributed by atoms with Gasteiger partial charge in [0, 0.05) is 30.3 Å². The van der Waals surface area contributed by atoms with E-state index in [4.69, 9.17) is 5.14 Å². The number of nitrogens with zero attached hydrogens (tertiary/aromatic N) is 3. The maximum atomic E-state index is 13.8. The van der Waals surface area contributed by atoms with Gasteiger partial charge in [-0.1, -0.05) is 31.7 Å². The predicted octanol–water partition coefficient (Wildman–Crippen LogP) is 2.81. The Morgan fingerprint density at radius 1 is 1.50 bits per heavy atom. The topological polar surface area (TPSA) is 89.6 Å². The van der Waals surface area contributed by atoms with Crippen LogP contribution in [-0.2, 0) is 17.8 Å². The van der Waals surface area contributed by atoms with Gasteiger partial charge in [-0.15, -0.1) is 5.14 Å². The van der Waals surface area contributed by atoms with Gasteiger partial charge in [0.1, 0.15) is 5.82 Å². The number of nitrogens with two attached hydrogens (primary N) is 1. The summed E-state index contributed by atoms with van der Waals surface area (Å²) in [4.78, 5) is 4.73. The van der Waals surface area contributed by atoms with Crippen LogP contribution in [0.15, 0.2) is 58.8 Å². The number of benzene rings is 1. The molecular weight excluding hydrogens is 353 g/mol. The summed E-state index contributed by atoms with van der Waals surface area (Å²) in [7, 11) is 0. The monoisotopic (exact) mass is 373 g/mol. The van der Waals surface area contributed by atoms with Gasteiger partial charge >= 0.3 is 0 Å². The number of hydrazone groups is 1. The Bertz CT molecular complexity index is 842. The lowest BCUT2D eigenvalue weighted by Gasteiger charge is -2.18. The Labute approximate surface area is 154 Å². The van der Waals surface area contributed by atoms with E-state index in [1.54, 1.807) is 35.5 Å². The van der Waals surface area contributed by atoms with E-state index in [1.807, 2.05) is 13.1 Å². The fraction of sp³-hybridized carbons (Fsp3) is 0.222. The lowest BCUT2D eigenvalue weighted by molar-refractivity contribution is 0.595. The minimum atomic E-state index is -1.72. The van der Waals surface area contributed by atoms with Crippen molar-refractivity contribution in [1.29, 1.82) is 0 Å². The van der Waals surface area contributed by atoms with E-state index in [1.165, 1.54) is 6.07 Å². The molecule has 0 bridgehead atoms. The Morgan fingerprint density at radius 2 is 2.27 bits per heavy atom. The molecule has 0 aliphatic carbocycles. The van der Waals surface area contributed by atoms with Crippen molar-refractivity contribution in [1.82, 2.24) is 4.98 Å². The van der Waals surface area contributed by atoms with Crippen LogP contribution in [0.5, 0.6) is 0 Å². The highest BCUT2D eigenvalue weighted by Gasteiger charge is 2.25. The summed E-state index contributed by atoms with van der Waals surface area (Å²) in [6, 6.07) is 8.18. The quantitative estimate of drug-likeness (QED) is 0.760. The molecule has 1 aromatic heterocycles. The molecule has 1 aliphatic rings. The number of allylic oxidation sites excluding steroid dienone is 1. The third-order valence-corrected chi connectivity index (χ3v) is 4.63. The lowest BCUT2D eigenvalue weighted by atomic mass is 10.1. The van der Waals surface area contributed by atoms with Gasteiger partial charge in [-0.3, -0.25) is 0 Å². The van der Waals surface area contributed by atoms with Crippen LogP contribution in [0.3, 0.4) is 0 Å². The molecular formula is C18H20FN5OS. The maximum Gasteiger partial charge on any atom is 0.219 e. The van der Waals surface area contributed by atoms with Gasteiger partial charge in [-0.25, -0.2) is 14.4 Å². The zero-order valence-corrected chi connectivity index (χ0v) is 15.2. The SMILES string of the molecule is C=C(Cc1ccccc1F)Nc1cnc(N2CC(C)C=N2)c([S+](N)[O-])c1. The predicted molar refractivity (Wildman–Crippen MR) is 103 cm³/mol. The van der Waals surface area contributed by atoms with Gasteiger partial charge in [0.05, 0.1) is 29.8 Å². The number of aromatic nitrogens is 1. The molecule has 0 fully saturated rings. The molecule has 2 aromatic rings. The van der Waals surface area contributed by atoms with E-state index in [0.717, 1.165) is 0 Å². The molecule has 136 valence electrons. The van der Waals surface area contributed by atoms with Crippen molar-refractivity contribution in [2.24, 2.45) is 16.2 Å². The number of rotatable bonds is 6. The zero-order valence-electron chi connectivity index (χ0n) is 14.4. The van der Waals surface area contributed by atoms with Crippen molar-refractivity contribution in [3.8, 4) is 0 Å². The van der Waals surface area contributed by atoms with Crippen molar-refractivity contribution >= 4 is 29.1 Å². The molecule has 2 unspecified atom stereocenters. The molecule has 8 heteroatoms. The van der Waals surface area contributed by atoms with Gasteiger partial charge in [-0.2, -0.15) is 5.10 Å². The Balaban J connectivity index is 1.76.